The van der Waals surface area contributed by atoms with Crippen LogP contribution in [0.5, 0.6) is 0 Å². The van der Waals surface area contributed by atoms with E-state index in [0.29, 0.717) is 27.7 Å². The lowest BCUT2D eigenvalue weighted by molar-refractivity contribution is -0.605. The van der Waals surface area contributed by atoms with Crippen molar-refractivity contribution in [2.45, 2.75) is 6.54 Å². The highest BCUT2D eigenvalue weighted by molar-refractivity contribution is 7.16. The van der Waals surface area contributed by atoms with Crippen LogP contribution in [0.25, 0.3) is 0 Å². The molecule has 4 nitrogen and oxygen atoms in total. The van der Waals surface area contributed by atoms with Crippen LogP contribution in [0.15, 0.2) is 49.3 Å². The van der Waals surface area contributed by atoms with Crippen molar-refractivity contribution in [1.82, 2.24) is 4.90 Å². The van der Waals surface area contributed by atoms with Crippen molar-refractivity contribution in [1.29, 1.82) is 0 Å². The van der Waals surface area contributed by atoms with Crippen molar-refractivity contribution < 1.29 is 9.52 Å². The van der Waals surface area contributed by atoms with Gasteiger partial charge in [0.15, 0.2) is 12.4 Å². The molecule has 0 N–H and O–H groups in total. The molecule has 0 aliphatic rings. The van der Waals surface area contributed by atoms with E-state index in [9.17, 15) is 10.0 Å². The quantitative estimate of drug-likeness (QED) is 0.484. The molecule has 0 saturated heterocycles. The van der Waals surface area contributed by atoms with Crippen LogP contribution in [-0.2, 0) is 6.54 Å². The van der Waals surface area contributed by atoms with Gasteiger partial charge in [0.05, 0.1) is 16.4 Å². The Bertz CT molecular complexity index is 610. The average molecular weight is 309 g/mol. The van der Waals surface area contributed by atoms with Crippen molar-refractivity contribution in [3.8, 4) is 0 Å². The monoisotopic (exact) mass is 308 g/mol. The summed E-state index contributed by atoms with van der Waals surface area (Å²) in [7, 11) is 0. The SMILES string of the molecule is C=CCN(Cc1ccc(Cl)s1)C(=O)c1cc[n+]([O-])cc1. The van der Waals surface area contributed by atoms with Crippen LogP contribution in [-0.4, -0.2) is 17.4 Å². The first-order valence-corrected chi connectivity index (χ1v) is 7.13. The van der Waals surface area contributed by atoms with E-state index in [4.69, 9.17) is 11.6 Å². The Hall–Kier alpha value is -1.85. The molecule has 0 aliphatic carbocycles. The van der Waals surface area contributed by atoms with E-state index in [-0.39, 0.29) is 5.91 Å². The van der Waals surface area contributed by atoms with Crippen LogP contribution >= 0.6 is 22.9 Å². The van der Waals surface area contributed by atoms with Crippen LogP contribution in [0.2, 0.25) is 4.34 Å². The van der Waals surface area contributed by atoms with Gasteiger partial charge in [-0.25, -0.2) is 0 Å². The second-order valence-electron chi connectivity index (χ2n) is 4.13. The van der Waals surface area contributed by atoms with Crippen LogP contribution in [0, 0.1) is 5.21 Å². The van der Waals surface area contributed by atoms with E-state index in [1.165, 1.54) is 35.9 Å². The molecule has 0 unspecified atom stereocenters. The Morgan fingerprint density at radius 1 is 1.40 bits per heavy atom. The summed E-state index contributed by atoms with van der Waals surface area (Å²) in [5, 5.41) is 11.0. The molecule has 0 fully saturated rings. The largest absolute Gasteiger partial charge is 0.619 e. The fourth-order valence-corrected chi connectivity index (χ4v) is 2.84. The van der Waals surface area contributed by atoms with Crippen LogP contribution in [0.3, 0.4) is 0 Å². The molecular formula is C14H13ClN2O2S. The molecule has 0 bridgehead atoms. The molecule has 2 heterocycles. The van der Waals surface area contributed by atoms with E-state index in [1.54, 1.807) is 17.0 Å². The van der Waals surface area contributed by atoms with Gasteiger partial charge >= 0.3 is 0 Å². The molecule has 0 radical (unpaired) electrons. The van der Waals surface area contributed by atoms with E-state index in [0.717, 1.165) is 4.88 Å². The Balaban J connectivity index is 2.17. The third-order valence-electron chi connectivity index (χ3n) is 2.66. The molecule has 0 spiro atoms. The van der Waals surface area contributed by atoms with Crippen molar-refractivity contribution in [2.75, 3.05) is 6.54 Å². The number of pyridine rings is 1. The first-order valence-electron chi connectivity index (χ1n) is 5.93. The van der Waals surface area contributed by atoms with Gasteiger partial charge in [-0.3, -0.25) is 4.79 Å². The average Bonchev–Trinajstić information content (AvgIpc) is 2.84. The predicted octanol–water partition coefficient (Wildman–Crippen LogP) is 2.86. The molecule has 1 amide bonds. The molecule has 0 aliphatic heterocycles. The number of nitrogens with zero attached hydrogens (tertiary/aromatic N) is 2. The van der Waals surface area contributed by atoms with Crippen molar-refractivity contribution >= 4 is 28.8 Å². The first-order chi connectivity index (χ1) is 9.60. The molecule has 2 rings (SSSR count). The number of halogens is 1. The van der Waals surface area contributed by atoms with Crippen LogP contribution in [0.1, 0.15) is 15.2 Å². The first kappa shape index (κ1) is 14.6. The van der Waals surface area contributed by atoms with Gasteiger partial charge in [0.25, 0.3) is 5.91 Å². The zero-order valence-electron chi connectivity index (χ0n) is 10.7. The highest BCUT2D eigenvalue weighted by Crippen LogP contribution is 2.23. The summed E-state index contributed by atoms with van der Waals surface area (Å²) in [4.78, 5) is 15.0. The lowest BCUT2D eigenvalue weighted by Crippen LogP contribution is -2.32. The molecule has 2 aromatic rings. The minimum absolute atomic E-state index is 0.143. The topological polar surface area (TPSA) is 47.2 Å². The number of carbonyl (C=O) groups is 1. The lowest BCUT2D eigenvalue weighted by atomic mass is 10.2. The maximum atomic E-state index is 12.4. The van der Waals surface area contributed by atoms with Gasteiger partial charge < -0.3 is 10.1 Å². The van der Waals surface area contributed by atoms with Crippen molar-refractivity contribution in [3.63, 3.8) is 0 Å². The number of aromatic nitrogens is 1. The minimum atomic E-state index is -0.143. The zero-order chi connectivity index (χ0) is 14.5. The van der Waals surface area contributed by atoms with Crippen LogP contribution < -0.4 is 4.73 Å². The van der Waals surface area contributed by atoms with E-state index in [2.05, 4.69) is 6.58 Å². The van der Waals surface area contributed by atoms with E-state index in [1.807, 2.05) is 6.07 Å². The summed E-state index contributed by atoms with van der Waals surface area (Å²) in [6.45, 7) is 4.56. The van der Waals surface area contributed by atoms with Crippen molar-refractivity contribution in [3.05, 3.63) is 69.3 Å². The highest BCUT2D eigenvalue weighted by Gasteiger charge is 2.16. The minimum Gasteiger partial charge on any atom is -0.619 e. The summed E-state index contributed by atoms with van der Waals surface area (Å²) in [5.41, 5.74) is 0.474. The Labute approximate surface area is 126 Å². The number of carbonyl (C=O) groups excluding carboxylic acids is 1. The number of rotatable bonds is 5. The molecule has 2 aromatic heterocycles. The van der Waals surface area contributed by atoms with Gasteiger partial charge in [-0.1, -0.05) is 17.7 Å². The maximum Gasteiger partial charge on any atom is 0.254 e. The Morgan fingerprint density at radius 3 is 2.65 bits per heavy atom. The van der Waals surface area contributed by atoms with E-state index >= 15 is 0 Å². The van der Waals surface area contributed by atoms with E-state index < -0.39 is 0 Å². The summed E-state index contributed by atoms with van der Waals surface area (Å²) in [6.07, 6.45) is 4.28. The highest BCUT2D eigenvalue weighted by atomic mass is 35.5. The lowest BCUT2D eigenvalue weighted by Gasteiger charge is -2.20. The fraction of sp³-hybridized carbons (Fsp3) is 0.143. The Morgan fingerprint density at radius 2 is 2.10 bits per heavy atom. The Kier molecular flexibility index (Phi) is 4.76. The van der Waals surface area contributed by atoms with Gasteiger partial charge in [-0.05, 0) is 12.1 Å². The molecule has 104 valence electrons. The smallest absolute Gasteiger partial charge is 0.254 e. The molecule has 20 heavy (non-hydrogen) atoms. The number of thiophene rings is 1. The zero-order valence-corrected chi connectivity index (χ0v) is 12.2. The standard InChI is InChI=1S/C14H13ClN2O2S/c1-2-7-16(10-12-3-4-13(15)20-12)14(18)11-5-8-17(19)9-6-11/h2-6,8-9H,1,7,10H2. The number of hydrogen-bond acceptors (Lipinski definition) is 3. The van der Waals surface area contributed by atoms with Crippen molar-refractivity contribution in [2.24, 2.45) is 0 Å². The van der Waals surface area contributed by atoms with Crippen LogP contribution in [0.4, 0.5) is 0 Å². The van der Waals surface area contributed by atoms with Gasteiger partial charge in [-0.15, -0.1) is 17.9 Å². The third-order valence-corrected chi connectivity index (χ3v) is 3.88. The van der Waals surface area contributed by atoms with Gasteiger partial charge in [0.2, 0.25) is 0 Å². The summed E-state index contributed by atoms with van der Waals surface area (Å²) in [5.74, 6) is -0.143. The third kappa shape index (κ3) is 3.59. The summed E-state index contributed by atoms with van der Waals surface area (Å²) in [6, 6.07) is 6.72. The molecular weight excluding hydrogens is 296 g/mol. The van der Waals surface area contributed by atoms with Gasteiger partial charge in [0, 0.05) is 23.6 Å². The fourth-order valence-electron chi connectivity index (χ4n) is 1.74. The second kappa shape index (κ2) is 6.54. The molecule has 0 saturated carbocycles. The normalized spacial score (nSPS) is 10.2. The second-order valence-corrected chi connectivity index (χ2v) is 5.93. The number of amides is 1. The summed E-state index contributed by atoms with van der Waals surface area (Å²) >= 11 is 7.33. The maximum absolute atomic E-state index is 12.4. The summed E-state index contributed by atoms with van der Waals surface area (Å²) < 4.78 is 1.34. The molecule has 6 heteroatoms. The predicted molar refractivity (Wildman–Crippen MR) is 79.7 cm³/mol. The number of hydrogen-bond donors (Lipinski definition) is 0. The van der Waals surface area contributed by atoms with Gasteiger partial charge in [0.1, 0.15) is 0 Å². The van der Waals surface area contributed by atoms with Gasteiger partial charge in [-0.2, -0.15) is 4.73 Å². The molecule has 0 aromatic carbocycles. The molecule has 0 atom stereocenters.